The normalized spacial score (nSPS) is 11.1. The van der Waals surface area contributed by atoms with Crippen molar-refractivity contribution in [3.8, 4) is 0 Å². The van der Waals surface area contributed by atoms with Crippen LogP contribution in [0.4, 0.5) is 17.4 Å². The van der Waals surface area contributed by atoms with Gasteiger partial charge in [-0.15, -0.1) is 0 Å². The summed E-state index contributed by atoms with van der Waals surface area (Å²) in [6.45, 7) is 1.62. The lowest BCUT2D eigenvalue weighted by Crippen LogP contribution is -2.15. The monoisotopic (exact) mass is 312 g/mol. The molecular weight excluding hydrogens is 300 g/mol. The third-order valence-electron chi connectivity index (χ3n) is 2.58. The number of hydrogen-bond donors (Lipinski definition) is 2. The lowest BCUT2D eigenvalue weighted by molar-refractivity contribution is -0.387. The quantitative estimate of drug-likeness (QED) is 0.635. The number of benzene rings is 1. The zero-order chi connectivity index (χ0) is 15.6. The van der Waals surface area contributed by atoms with Gasteiger partial charge in [0.15, 0.2) is 4.90 Å². The molecule has 0 atom stereocenters. The van der Waals surface area contributed by atoms with E-state index in [1.54, 1.807) is 14.0 Å². The first-order valence-corrected chi connectivity index (χ1v) is 7.23. The van der Waals surface area contributed by atoms with E-state index in [0.29, 0.717) is 11.4 Å². The van der Waals surface area contributed by atoms with Crippen LogP contribution in [0.3, 0.4) is 0 Å². The highest BCUT2D eigenvalue weighted by molar-refractivity contribution is 7.92. The molecule has 0 amide bonds. The average molecular weight is 312 g/mol. The van der Waals surface area contributed by atoms with Crippen molar-refractivity contribution in [2.45, 2.75) is 11.8 Å². The Labute approximate surface area is 120 Å². The molecule has 0 aliphatic heterocycles. The highest BCUT2D eigenvalue weighted by Crippen LogP contribution is 2.28. The summed E-state index contributed by atoms with van der Waals surface area (Å²) >= 11 is 0. The second-order valence-corrected chi connectivity index (χ2v) is 5.74. The molecule has 1 heterocycles. The number of oxazole rings is 1. The van der Waals surface area contributed by atoms with E-state index in [1.165, 1.54) is 12.3 Å². The third kappa shape index (κ3) is 3.11. The van der Waals surface area contributed by atoms with E-state index in [0.717, 1.165) is 12.1 Å². The minimum absolute atomic E-state index is 0.253. The number of hydrogen-bond acceptors (Lipinski definition) is 7. The molecule has 0 aliphatic carbocycles. The van der Waals surface area contributed by atoms with Gasteiger partial charge < -0.3 is 9.73 Å². The summed E-state index contributed by atoms with van der Waals surface area (Å²) in [6.07, 6.45) is 1.26. The maximum Gasteiger partial charge on any atom is 0.309 e. The number of aryl methyl sites for hydroxylation is 1. The number of nitro benzene ring substituents is 1. The summed E-state index contributed by atoms with van der Waals surface area (Å²) < 4.78 is 31.5. The van der Waals surface area contributed by atoms with Crippen LogP contribution >= 0.6 is 0 Å². The molecule has 2 N–H and O–H groups in total. The lowest BCUT2D eigenvalue weighted by Gasteiger charge is -2.07. The molecule has 2 rings (SSSR count). The van der Waals surface area contributed by atoms with Crippen LogP contribution in [0, 0.1) is 17.0 Å². The van der Waals surface area contributed by atoms with Crippen LogP contribution in [0.5, 0.6) is 0 Å². The molecule has 1 aromatic heterocycles. The Balaban J connectivity index is 2.49. The van der Waals surface area contributed by atoms with Gasteiger partial charge in [0.1, 0.15) is 6.26 Å². The van der Waals surface area contributed by atoms with E-state index < -0.39 is 25.5 Å². The molecule has 0 saturated heterocycles. The predicted octanol–water partition coefficient (Wildman–Crippen LogP) is 1.73. The molecule has 9 nitrogen and oxygen atoms in total. The molecule has 0 spiro atoms. The van der Waals surface area contributed by atoms with Crippen molar-refractivity contribution in [1.82, 2.24) is 4.98 Å². The van der Waals surface area contributed by atoms with Gasteiger partial charge in [-0.05, 0) is 19.1 Å². The van der Waals surface area contributed by atoms with Gasteiger partial charge in [-0.25, -0.2) is 13.1 Å². The largest absolute Gasteiger partial charge is 0.431 e. The van der Waals surface area contributed by atoms with Crippen LogP contribution in [0.15, 0.2) is 33.8 Å². The fraction of sp³-hybridized carbons (Fsp3) is 0.182. The predicted molar refractivity (Wildman–Crippen MR) is 74.7 cm³/mol. The van der Waals surface area contributed by atoms with Crippen molar-refractivity contribution < 1.29 is 17.8 Å². The number of sulfonamides is 1. The Morgan fingerprint density at radius 1 is 1.38 bits per heavy atom. The van der Waals surface area contributed by atoms with Gasteiger partial charge in [-0.3, -0.25) is 10.1 Å². The van der Waals surface area contributed by atoms with Crippen molar-refractivity contribution >= 4 is 27.4 Å². The highest BCUT2D eigenvalue weighted by atomic mass is 32.2. The highest BCUT2D eigenvalue weighted by Gasteiger charge is 2.27. The number of nitro groups is 1. The molecule has 0 unspecified atom stereocenters. The minimum Gasteiger partial charge on any atom is -0.431 e. The average Bonchev–Trinajstić information content (AvgIpc) is 2.82. The van der Waals surface area contributed by atoms with Crippen LogP contribution in [0.2, 0.25) is 0 Å². The molecular formula is C11H12N4O5S. The van der Waals surface area contributed by atoms with Crippen molar-refractivity contribution in [3.63, 3.8) is 0 Å². The Hall–Kier alpha value is -2.62. The fourth-order valence-electron chi connectivity index (χ4n) is 1.61. The van der Waals surface area contributed by atoms with Gasteiger partial charge in [0.25, 0.3) is 15.7 Å². The Bertz CT molecular complexity index is 784. The lowest BCUT2D eigenvalue weighted by atomic mass is 10.3. The topological polar surface area (TPSA) is 127 Å². The molecule has 0 radical (unpaired) electrons. The van der Waals surface area contributed by atoms with E-state index in [9.17, 15) is 18.5 Å². The van der Waals surface area contributed by atoms with E-state index in [1.807, 2.05) is 0 Å². The van der Waals surface area contributed by atoms with Crippen molar-refractivity contribution in [2.75, 3.05) is 17.1 Å². The molecule has 1 aromatic carbocycles. The molecule has 10 heteroatoms. The maximum atomic E-state index is 12.3. The first kappa shape index (κ1) is 14.8. The van der Waals surface area contributed by atoms with E-state index in [-0.39, 0.29) is 6.01 Å². The van der Waals surface area contributed by atoms with Gasteiger partial charge in [0.2, 0.25) is 0 Å². The molecule has 0 fully saturated rings. The van der Waals surface area contributed by atoms with E-state index in [2.05, 4.69) is 15.0 Å². The molecule has 112 valence electrons. The fourth-order valence-corrected chi connectivity index (χ4v) is 2.74. The van der Waals surface area contributed by atoms with E-state index in [4.69, 9.17) is 4.42 Å². The summed E-state index contributed by atoms with van der Waals surface area (Å²) in [7, 11) is -2.62. The van der Waals surface area contributed by atoms with Crippen molar-refractivity contribution in [3.05, 3.63) is 40.3 Å². The number of nitrogens with one attached hydrogen (secondary N) is 2. The summed E-state index contributed by atoms with van der Waals surface area (Å²) in [4.78, 5) is 13.5. The van der Waals surface area contributed by atoms with Crippen molar-refractivity contribution in [1.29, 1.82) is 0 Å². The Morgan fingerprint density at radius 3 is 2.62 bits per heavy atom. The van der Waals surface area contributed by atoms with E-state index >= 15 is 0 Å². The number of aromatic nitrogens is 1. The molecule has 0 saturated carbocycles. The first-order valence-electron chi connectivity index (χ1n) is 5.74. The van der Waals surface area contributed by atoms with Gasteiger partial charge in [-0.1, -0.05) is 0 Å². The third-order valence-corrected chi connectivity index (χ3v) is 3.92. The summed E-state index contributed by atoms with van der Waals surface area (Å²) in [5.74, 6) is 0. The molecule has 2 aromatic rings. The summed E-state index contributed by atoms with van der Waals surface area (Å²) in [6, 6.07) is 3.43. The van der Waals surface area contributed by atoms with Crippen LogP contribution in [-0.4, -0.2) is 25.4 Å². The van der Waals surface area contributed by atoms with Crippen molar-refractivity contribution in [2.24, 2.45) is 0 Å². The zero-order valence-corrected chi connectivity index (χ0v) is 12.0. The number of anilines is 2. The first-order chi connectivity index (χ1) is 9.83. The SMILES string of the molecule is CNc1ccc([N+](=O)[O-])c(S(=O)(=O)Nc2nc(C)co2)c1. The number of nitrogens with zero attached hydrogens (tertiary/aromatic N) is 2. The summed E-state index contributed by atoms with van der Waals surface area (Å²) in [5, 5.41) is 13.7. The smallest absolute Gasteiger partial charge is 0.309 e. The Kier molecular flexibility index (Phi) is 3.80. The standard InChI is InChI=1S/C11H12N4O5S/c1-7-6-20-11(13-7)14-21(18,19)10-5-8(12-2)3-4-9(10)15(16)17/h3-6,12H,1-2H3,(H,13,14). The number of rotatable bonds is 5. The van der Waals surface area contributed by atoms with Crippen LogP contribution < -0.4 is 10.0 Å². The Morgan fingerprint density at radius 2 is 2.10 bits per heavy atom. The second kappa shape index (κ2) is 5.40. The van der Waals surface area contributed by atoms with Gasteiger partial charge in [0.05, 0.1) is 10.6 Å². The molecule has 0 bridgehead atoms. The molecule has 21 heavy (non-hydrogen) atoms. The maximum absolute atomic E-state index is 12.3. The summed E-state index contributed by atoms with van der Waals surface area (Å²) in [5.41, 5.74) is 0.362. The zero-order valence-electron chi connectivity index (χ0n) is 11.2. The van der Waals surface area contributed by atoms with Crippen LogP contribution in [0.1, 0.15) is 5.69 Å². The second-order valence-electron chi connectivity index (χ2n) is 4.09. The van der Waals surface area contributed by atoms with Gasteiger partial charge in [-0.2, -0.15) is 4.98 Å². The van der Waals surface area contributed by atoms with Crippen LogP contribution in [-0.2, 0) is 10.0 Å². The van der Waals surface area contributed by atoms with Gasteiger partial charge >= 0.3 is 6.01 Å². The molecule has 0 aliphatic rings. The minimum atomic E-state index is -4.20. The van der Waals surface area contributed by atoms with Gasteiger partial charge in [0, 0.05) is 18.8 Å². The van der Waals surface area contributed by atoms with Crippen LogP contribution in [0.25, 0.3) is 0 Å².